The molecule has 0 atom stereocenters. The monoisotopic (exact) mass is 254 g/mol. The average Bonchev–Trinajstić information content (AvgIpc) is 2.37. The minimum Gasteiger partial charge on any atom is -0.493 e. The van der Waals surface area contributed by atoms with Gasteiger partial charge in [0.15, 0.2) is 11.5 Å². The lowest BCUT2D eigenvalue weighted by molar-refractivity contribution is 0.156. The molecule has 0 spiro atoms. The Kier molecular flexibility index (Phi) is 5.88. The molecule has 0 saturated carbocycles. The van der Waals surface area contributed by atoms with Crippen LogP contribution in [0, 0.1) is 0 Å². The Hall–Kier alpha value is -1.33. The highest BCUT2D eigenvalue weighted by atomic mass is 16.5. The van der Waals surface area contributed by atoms with Gasteiger partial charge in [0.2, 0.25) is 0 Å². The molecule has 102 valence electrons. The third-order valence-corrected chi connectivity index (χ3v) is 2.84. The molecule has 1 aromatic heterocycles. The molecule has 5 nitrogen and oxygen atoms in total. The molecule has 0 saturated heterocycles. The fourth-order valence-electron chi connectivity index (χ4n) is 1.80. The van der Waals surface area contributed by atoms with Gasteiger partial charge in [-0.1, -0.05) is 0 Å². The first-order valence-electron chi connectivity index (χ1n) is 6.04. The quantitative estimate of drug-likeness (QED) is 0.795. The minimum absolute atomic E-state index is 0.129. The van der Waals surface area contributed by atoms with E-state index in [1.54, 1.807) is 26.5 Å². The third kappa shape index (κ3) is 3.58. The molecular weight excluding hydrogens is 232 g/mol. The first-order chi connectivity index (χ1) is 8.63. The zero-order valence-electron chi connectivity index (χ0n) is 11.5. The summed E-state index contributed by atoms with van der Waals surface area (Å²) in [5.74, 6) is 1.33. The first-order valence-corrected chi connectivity index (χ1v) is 6.04. The predicted octanol–water partition coefficient (Wildman–Crippen LogP) is 1.30. The third-order valence-electron chi connectivity index (χ3n) is 2.84. The minimum atomic E-state index is 0.129. The average molecular weight is 254 g/mol. The van der Waals surface area contributed by atoms with Crippen molar-refractivity contribution in [3.05, 3.63) is 18.0 Å². The second kappa shape index (κ2) is 7.18. The van der Waals surface area contributed by atoms with Gasteiger partial charge in [-0.25, -0.2) is 0 Å². The van der Waals surface area contributed by atoms with Gasteiger partial charge in [-0.15, -0.1) is 0 Å². The van der Waals surface area contributed by atoms with Crippen molar-refractivity contribution < 1.29 is 14.6 Å². The van der Waals surface area contributed by atoms with Crippen LogP contribution in [0.25, 0.3) is 0 Å². The number of methoxy groups -OCH3 is 2. The van der Waals surface area contributed by atoms with E-state index < -0.39 is 0 Å². The van der Waals surface area contributed by atoms with E-state index >= 15 is 0 Å². The van der Waals surface area contributed by atoms with E-state index in [-0.39, 0.29) is 6.61 Å². The van der Waals surface area contributed by atoms with Crippen LogP contribution in [0.4, 0.5) is 0 Å². The molecule has 0 amide bonds. The summed E-state index contributed by atoms with van der Waals surface area (Å²) < 4.78 is 10.6. The molecule has 5 heteroatoms. The number of hydrogen-bond acceptors (Lipinski definition) is 5. The predicted molar refractivity (Wildman–Crippen MR) is 70.0 cm³/mol. The molecule has 0 unspecified atom stereocenters. The van der Waals surface area contributed by atoms with Gasteiger partial charge in [0.1, 0.15) is 5.69 Å². The van der Waals surface area contributed by atoms with Gasteiger partial charge in [-0.3, -0.25) is 9.88 Å². The van der Waals surface area contributed by atoms with Crippen molar-refractivity contribution in [2.45, 2.75) is 26.4 Å². The van der Waals surface area contributed by atoms with E-state index in [2.05, 4.69) is 23.7 Å². The van der Waals surface area contributed by atoms with E-state index in [4.69, 9.17) is 14.6 Å². The topological polar surface area (TPSA) is 54.8 Å². The number of aromatic nitrogens is 1. The Morgan fingerprint density at radius 3 is 2.56 bits per heavy atom. The van der Waals surface area contributed by atoms with Crippen molar-refractivity contribution in [1.29, 1.82) is 0 Å². The molecule has 0 aromatic carbocycles. The molecule has 1 rings (SSSR count). The number of ether oxygens (including phenoxy) is 2. The number of aliphatic hydroxyl groups excluding tert-OH is 1. The Balaban J connectivity index is 2.94. The first kappa shape index (κ1) is 14.7. The molecule has 1 aromatic rings. The van der Waals surface area contributed by atoms with Crippen molar-refractivity contribution in [3.8, 4) is 11.5 Å². The Morgan fingerprint density at radius 1 is 1.33 bits per heavy atom. The van der Waals surface area contributed by atoms with E-state index in [9.17, 15) is 0 Å². The summed E-state index contributed by atoms with van der Waals surface area (Å²) in [5.41, 5.74) is 0.819. The highest BCUT2D eigenvalue weighted by Crippen LogP contribution is 2.29. The number of nitrogens with zero attached hydrogens (tertiary/aromatic N) is 2. The van der Waals surface area contributed by atoms with Gasteiger partial charge in [0, 0.05) is 31.4 Å². The van der Waals surface area contributed by atoms with Crippen LogP contribution in [0.3, 0.4) is 0 Å². The van der Waals surface area contributed by atoms with E-state index in [0.717, 1.165) is 5.69 Å². The Labute approximate surface area is 108 Å². The van der Waals surface area contributed by atoms with Gasteiger partial charge in [-0.05, 0) is 13.8 Å². The van der Waals surface area contributed by atoms with Crippen molar-refractivity contribution in [2.24, 2.45) is 0 Å². The smallest absolute Gasteiger partial charge is 0.183 e. The van der Waals surface area contributed by atoms with Crippen LogP contribution >= 0.6 is 0 Å². The zero-order chi connectivity index (χ0) is 13.5. The normalized spacial score (nSPS) is 11.1. The van der Waals surface area contributed by atoms with Crippen LogP contribution in [0.1, 0.15) is 19.5 Å². The van der Waals surface area contributed by atoms with Crippen LogP contribution in [0.5, 0.6) is 11.5 Å². The van der Waals surface area contributed by atoms with Crippen molar-refractivity contribution >= 4 is 0 Å². The lowest BCUT2D eigenvalue weighted by Gasteiger charge is -2.26. The number of rotatable bonds is 7. The van der Waals surface area contributed by atoms with Gasteiger partial charge < -0.3 is 14.6 Å². The summed E-state index contributed by atoms with van der Waals surface area (Å²) >= 11 is 0. The zero-order valence-corrected chi connectivity index (χ0v) is 11.5. The fourth-order valence-corrected chi connectivity index (χ4v) is 1.80. The van der Waals surface area contributed by atoms with Crippen molar-refractivity contribution in [1.82, 2.24) is 9.88 Å². The van der Waals surface area contributed by atoms with Crippen LogP contribution in [-0.4, -0.2) is 48.4 Å². The molecule has 0 bridgehead atoms. The van der Waals surface area contributed by atoms with Crippen LogP contribution in [0.2, 0.25) is 0 Å². The number of hydrogen-bond donors (Lipinski definition) is 1. The van der Waals surface area contributed by atoms with Crippen LogP contribution in [-0.2, 0) is 6.54 Å². The lowest BCUT2D eigenvalue weighted by Crippen LogP contribution is -2.33. The summed E-state index contributed by atoms with van der Waals surface area (Å²) in [6.45, 7) is 5.54. The van der Waals surface area contributed by atoms with Gasteiger partial charge in [0.25, 0.3) is 0 Å². The van der Waals surface area contributed by atoms with E-state index in [1.807, 2.05) is 0 Å². The van der Waals surface area contributed by atoms with Crippen LogP contribution in [0.15, 0.2) is 12.3 Å². The summed E-state index contributed by atoms with van der Waals surface area (Å²) in [6, 6.07) is 2.10. The standard InChI is InChI=1S/C13H22N2O3/c1-10(2)15(7-8-16)9-11-13(18-4)12(17-3)5-6-14-11/h5-6,10,16H,7-9H2,1-4H3. The maximum Gasteiger partial charge on any atom is 0.183 e. The Morgan fingerprint density at radius 2 is 2.06 bits per heavy atom. The molecule has 0 aliphatic carbocycles. The fraction of sp³-hybridized carbons (Fsp3) is 0.615. The summed E-state index contributed by atoms with van der Waals surface area (Å²) in [5, 5.41) is 9.07. The van der Waals surface area contributed by atoms with Gasteiger partial charge >= 0.3 is 0 Å². The molecule has 18 heavy (non-hydrogen) atoms. The summed E-state index contributed by atoms with van der Waals surface area (Å²) in [7, 11) is 3.21. The molecule has 0 aliphatic heterocycles. The second-order valence-corrected chi connectivity index (χ2v) is 4.28. The molecule has 1 N–H and O–H groups in total. The molecular formula is C13H22N2O3. The highest BCUT2D eigenvalue weighted by Gasteiger charge is 2.16. The number of aliphatic hydroxyl groups is 1. The second-order valence-electron chi connectivity index (χ2n) is 4.28. The maximum absolute atomic E-state index is 9.07. The maximum atomic E-state index is 9.07. The summed E-state index contributed by atoms with van der Waals surface area (Å²) in [6.07, 6.45) is 1.70. The highest BCUT2D eigenvalue weighted by molar-refractivity contribution is 5.42. The molecule has 0 radical (unpaired) electrons. The molecule has 0 aliphatic rings. The van der Waals surface area contributed by atoms with Gasteiger partial charge in [0.05, 0.1) is 20.8 Å². The lowest BCUT2D eigenvalue weighted by atomic mass is 10.2. The molecule has 1 heterocycles. The molecule has 0 fully saturated rings. The van der Waals surface area contributed by atoms with Crippen molar-refractivity contribution in [2.75, 3.05) is 27.4 Å². The number of pyridine rings is 1. The summed E-state index contributed by atoms with van der Waals surface area (Å²) in [4.78, 5) is 6.46. The van der Waals surface area contributed by atoms with E-state index in [1.165, 1.54) is 0 Å². The van der Waals surface area contributed by atoms with Gasteiger partial charge in [-0.2, -0.15) is 0 Å². The van der Waals surface area contributed by atoms with Crippen molar-refractivity contribution in [3.63, 3.8) is 0 Å². The Bertz CT molecular complexity index is 369. The van der Waals surface area contributed by atoms with E-state index in [0.29, 0.717) is 30.6 Å². The largest absolute Gasteiger partial charge is 0.493 e. The SMILES string of the molecule is COc1ccnc(CN(CCO)C(C)C)c1OC. The van der Waals surface area contributed by atoms with Crippen LogP contribution < -0.4 is 9.47 Å².